The molecule has 0 fully saturated rings. The summed E-state index contributed by atoms with van der Waals surface area (Å²) >= 11 is -0.112. The first-order valence-corrected chi connectivity index (χ1v) is 12.0. The van der Waals surface area contributed by atoms with E-state index in [1.807, 2.05) is 30.1 Å². The standard InChI is InChI=1S/C24H20N2O3Se/c1-30-23-18(15-25)20(19-13-8-14-29-19)21(22(27)16-9-4-2-5-10-16)24(28,26-23)17-11-6-3-7-12-17/h2-14,20-21,26,28H,1H3/t20-,21+,24-/m0/s1. The number of furan rings is 1. The molecule has 0 unspecified atom stereocenters. The first-order valence-electron chi connectivity index (χ1n) is 9.47. The number of aliphatic hydroxyl groups is 1. The number of nitrogens with one attached hydrogen (secondary N) is 1. The van der Waals surface area contributed by atoms with E-state index >= 15 is 0 Å². The summed E-state index contributed by atoms with van der Waals surface area (Å²) in [6.07, 6.45) is 1.52. The molecule has 6 heteroatoms. The Kier molecular flexibility index (Phi) is 5.61. The van der Waals surface area contributed by atoms with E-state index in [4.69, 9.17) is 4.42 Å². The third-order valence-corrected chi connectivity index (χ3v) is 6.90. The average molecular weight is 463 g/mol. The van der Waals surface area contributed by atoms with Gasteiger partial charge < -0.3 is 0 Å². The van der Waals surface area contributed by atoms with Crippen LogP contribution < -0.4 is 5.32 Å². The maximum absolute atomic E-state index is 13.8. The van der Waals surface area contributed by atoms with Crippen LogP contribution in [0.4, 0.5) is 0 Å². The van der Waals surface area contributed by atoms with E-state index in [-0.39, 0.29) is 20.7 Å². The number of carbonyl (C=O) groups is 1. The predicted molar refractivity (Wildman–Crippen MR) is 113 cm³/mol. The van der Waals surface area contributed by atoms with Crippen molar-refractivity contribution in [1.29, 1.82) is 5.26 Å². The monoisotopic (exact) mass is 464 g/mol. The molecule has 0 bridgehead atoms. The number of hydrogen-bond donors (Lipinski definition) is 2. The van der Waals surface area contributed by atoms with Crippen molar-refractivity contribution >= 4 is 20.7 Å². The zero-order valence-corrected chi connectivity index (χ0v) is 18.0. The van der Waals surface area contributed by atoms with Crippen molar-refractivity contribution in [2.24, 2.45) is 5.92 Å². The molecule has 1 aromatic heterocycles. The Morgan fingerprint density at radius 3 is 2.33 bits per heavy atom. The molecule has 0 amide bonds. The molecule has 2 heterocycles. The van der Waals surface area contributed by atoms with Crippen LogP contribution in [-0.2, 0) is 5.72 Å². The Hall–Kier alpha value is -3.10. The molecule has 30 heavy (non-hydrogen) atoms. The van der Waals surface area contributed by atoms with Gasteiger partial charge >= 0.3 is 181 Å². The summed E-state index contributed by atoms with van der Waals surface area (Å²) in [6, 6.07) is 23.7. The molecule has 1 aliphatic rings. The number of allylic oxidation sites excluding steroid dienone is 1. The molecule has 0 radical (unpaired) electrons. The van der Waals surface area contributed by atoms with E-state index in [2.05, 4.69) is 11.4 Å². The summed E-state index contributed by atoms with van der Waals surface area (Å²) < 4.78 is 6.34. The first kappa shape index (κ1) is 20.2. The fourth-order valence-corrected chi connectivity index (χ4v) is 5.35. The van der Waals surface area contributed by atoms with Crippen LogP contribution in [0, 0.1) is 17.2 Å². The molecule has 2 aromatic carbocycles. The number of carbonyl (C=O) groups excluding carboxylic acids is 1. The molecule has 3 atom stereocenters. The molecular weight excluding hydrogens is 443 g/mol. The summed E-state index contributed by atoms with van der Waals surface area (Å²) in [5, 5.41) is 25.2. The van der Waals surface area contributed by atoms with E-state index in [0.29, 0.717) is 27.1 Å². The van der Waals surface area contributed by atoms with E-state index in [9.17, 15) is 15.2 Å². The number of Topliss-reactive ketones (excluding diaryl/α,β-unsaturated/α-hetero) is 1. The molecule has 3 aromatic rings. The van der Waals surface area contributed by atoms with Crippen molar-refractivity contribution in [2.45, 2.75) is 17.5 Å². The van der Waals surface area contributed by atoms with Crippen LogP contribution in [-0.4, -0.2) is 25.8 Å². The number of hydrogen-bond acceptors (Lipinski definition) is 5. The predicted octanol–water partition coefficient (Wildman–Crippen LogP) is 3.80. The van der Waals surface area contributed by atoms with Gasteiger partial charge in [0, 0.05) is 0 Å². The third-order valence-electron chi connectivity index (χ3n) is 5.37. The van der Waals surface area contributed by atoms with Crippen LogP contribution in [0.1, 0.15) is 27.6 Å². The SMILES string of the molecule is C[Se]C1=C(C#N)[C@@H](c2ccco2)[C@H](C(=O)c2ccccc2)[C@@](O)(c2ccccc2)N1. The van der Waals surface area contributed by atoms with Gasteiger partial charge in [-0.15, -0.1) is 0 Å². The van der Waals surface area contributed by atoms with Gasteiger partial charge in [-0.25, -0.2) is 0 Å². The maximum atomic E-state index is 13.8. The van der Waals surface area contributed by atoms with Crippen molar-refractivity contribution in [3.63, 3.8) is 0 Å². The van der Waals surface area contributed by atoms with Crippen LogP contribution in [0.5, 0.6) is 0 Å². The number of nitrogens with zero attached hydrogens (tertiary/aromatic N) is 1. The van der Waals surface area contributed by atoms with E-state index in [1.165, 1.54) is 6.26 Å². The normalized spacial score (nSPS) is 23.5. The van der Waals surface area contributed by atoms with Gasteiger partial charge in [0.25, 0.3) is 0 Å². The minimum atomic E-state index is -1.70. The Labute approximate surface area is 181 Å². The van der Waals surface area contributed by atoms with Gasteiger partial charge in [0.2, 0.25) is 0 Å². The Morgan fingerprint density at radius 1 is 1.10 bits per heavy atom. The molecule has 0 saturated carbocycles. The fraction of sp³-hybridized carbons (Fsp3) is 0.167. The van der Waals surface area contributed by atoms with E-state index in [0.717, 1.165) is 0 Å². The van der Waals surface area contributed by atoms with Crippen molar-refractivity contribution < 1.29 is 14.3 Å². The second kappa shape index (κ2) is 8.33. The summed E-state index contributed by atoms with van der Waals surface area (Å²) in [5.41, 5.74) is -0.228. The zero-order chi connectivity index (χ0) is 21.1. The first-order chi connectivity index (χ1) is 14.6. The second-order valence-electron chi connectivity index (χ2n) is 7.02. The zero-order valence-electron chi connectivity index (χ0n) is 16.3. The molecule has 0 aliphatic carbocycles. The van der Waals surface area contributed by atoms with Gasteiger partial charge in [0.1, 0.15) is 0 Å². The summed E-state index contributed by atoms with van der Waals surface area (Å²) in [5.74, 6) is 0.497. The summed E-state index contributed by atoms with van der Waals surface area (Å²) in [6.45, 7) is 0. The van der Waals surface area contributed by atoms with Crippen molar-refractivity contribution in [1.82, 2.24) is 5.32 Å². The van der Waals surface area contributed by atoms with Gasteiger partial charge in [-0.05, 0) is 0 Å². The Balaban J connectivity index is 1.99. The molecule has 2 N–H and O–H groups in total. The van der Waals surface area contributed by atoms with Gasteiger partial charge in [-0.2, -0.15) is 0 Å². The van der Waals surface area contributed by atoms with E-state index in [1.54, 1.807) is 48.5 Å². The molecule has 0 spiro atoms. The second-order valence-corrected chi connectivity index (χ2v) is 8.73. The topological polar surface area (TPSA) is 86.3 Å². The number of ketones is 1. The van der Waals surface area contributed by atoms with Crippen LogP contribution in [0.15, 0.2) is 93.6 Å². The fourth-order valence-electron chi connectivity index (χ4n) is 3.99. The van der Waals surface area contributed by atoms with Crippen LogP contribution in [0.2, 0.25) is 5.82 Å². The van der Waals surface area contributed by atoms with Crippen molar-refractivity contribution in [2.75, 3.05) is 0 Å². The van der Waals surface area contributed by atoms with E-state index < -0.39 is 17.6 Å². The Morgan fingerprint density at radius 2 is 1.77 bits per heavy atom. The third kappa shape index (κ3) is 3.38. The van der Waals surface area contributed by atoms with Gasteiger partial charge in [-0.1, -0.05) is 0 Å². The summed E-state index contributed by atoms with van der Waals surface area (Å²) in [4.78, 5) is 13.8. The average Bonchev–Trinajstić information content (AvgIpc) is 3.33. The van der Waals surface area contributed by atoms with Crippen LogP contribution in [0.25, 0.3) is 0 Å². The van der Waals surface area contributed by atoms with Crippen LogP contribution >= 0.6 is 0 Å². The van der Waals surface area contributed by atoms with Crippen LogP contribution in [0.3, 0.4) is 0 Å². The van der Waals surface area contributed by atoms with Gasteiger partial charge in [0.05, 0.1) is 0 Å². The van der Waals surface area contributed by atoms with Gasteiger partial charge in [0.15, 0.2) is 0 Å². The van der Waals surface area contributed by atoms with Gasteiger partial charge in [-0.3, -0.25) is 0 Å². The number of benzene rings is 2. The quantitative estimate of drug-likeness (QED) is 0.444. The minimum absolute atomic E-state index is 0.112. The molecule has 1 aliphatic heterocycles. The molecule has 0 saturated heterocycles. The van der Waals surface area contributed by atoms with Crippen molar-refractivity contribution in [3.8, 4) is 6.07 Å². The molecule has 150 valence electrons. The van der Waals surface area contributed by atoms with Crippen molar-refractivity contribution in [3.05, 3.63) is 106 Å². The summed E-state index contributed by atoms with van der Waals surface area (Å²) in [7, 11) is 0. The number of rotatable bonds is 5. The number of nitriles is 1. The molecule has 4 rings (SSSR count). The Bertz CT molecular complexity index is 1100. The molecular formula is C24H20N2O3Se. The molecule has 5 nitrogen and oxygen atoms in total.